The van der Waals surface area contributed by atoms with Crippen molar-refractivity contribution < 1.29 is 13.9 Å². The largest absolute Gasteiger partial charge is 0.381 e. The number of allylic oxidation sites excluding steroid dienone is 1. The van der Waals surface area contributed by atoms with E-state index < -0.39 is 17.2 Å². The molecule has 0 radical (unpaired) electrons. The van der Waals surface area contributed by atoms with E-state index in [9.17, 15) is 13.9 Å². The summed E-state index contributed by atoms with van der Waals surface area (Å²) in [7, 11) is 0. The van der Waals surface area contributed by atoms with Gasteiger partial charge < -0.3 is 5.11 Å². The van der Waals surface area contributed by atoms with E-state index in [0.717, 1.165) is 32.0 Å². The minimum atomic E-state index is -1.57. The second-order valence-electron chi connectivity index (χ2n) is 6.80. The first-order chi connectivity index (χ1) is 12.4. The van der Waals surface area contributed by atoms with Gasteiger partial charge in [-0.1, -0.05) is 17.7 Å². The van der Waals surface area contributed by atoms with Crippen molar-refractivity contribution in [3.8, 4) is 0 Å². The Kier molecular flexibility index (Phi) is 5.48. The zero-order valence-corrected chi connectivity index (χ0v) is 15.1. The molecule has 26 heavy (non-hydrogen) atoms. The van der Waals surface area contributed by atoms with Crippen LogP contribution in [0.2, 0.25) is 0 Å². The molecule has 5 nitrogen and oxygen atoms in total. The maximum absolute atomic E-state index is 14.5. The summed E-state index contributed by atoms with van der Waals surface area (Å²) >= 11 is 0. The Bertz CT molecular complexity index is 768. The van der Waals surface area contributed by atoms with Gasteiger partial charge in [0.25, 0.3) is 0 Å². The molecule has 0 spiro atoms. The molecule has 2 heterocycles. The van der Waals surface area contributed by atoms with Crippen molar-refractivity contribution in [2.75, 3.05) is 13.1 Å². The Labute approximate surface area is 152 Å². The van der Waals surface area contributed by atoms with Crippen molar-refractivity contribution in [2.24, 2.45) is 0 Å². The summed E-state index contributed by atoms with van der Waals surface area (Å²) in [4.78, 5) is 6.04. The predicted molar refractivity (Wildman–Crippen MR) is 94.3 cm³/mol. The Morgan fingerprint density at radius 3 is 2.62 bits per heavy atom. The standard InChI is InChI=1S/C19H24F2N4O/c1-3-15-6-8-24(9-7-15)14(2)19(26,11-25-13-22-12-23-25)17-5-4-16(20)10-18(17)21/h3-5,10,12-14,26H,6-9,11H2,1-2H3. The van der Waals surface area contributed by atoms with Gasteiger partial charge >= 0.3 is 0 Å². The van der Waals surface area contributed by atoms with Gasteiger partial charge in [-0.25, -0.2) is 18.4 Å². The molecule has 1 fully saturated rings. The second kappa shape index (κ2) is 7.63. The molecule has 7 heteroatoms. The molecular formula is C19H24F2N4O. The van der Waals surface area contributed by atoms with Crippen LogP contribution in [-0.2, 0) is 12.1 Å². The van der Waals surface area contributed by atoms with Crippen molar-refractivity contribution in [3.63, 3.8) is 0 Å². The fourth-order valence-corrected chi connectivity index (χ4v) is 3.63. The average Bonchev–Trinajstić information content (AvgIpc) is 3.13. The number of rotatable bonds is 5. The van der Waals surface area contributed by atoms with Crippen LogP contribution in [0.15, 0.2) is 42.5 Å². The lowest BCUT2D eigenvalue weighted by Gasteiger charge is -2.43. The van der Waals surface area contributed by atoms with Gasteiger partial charge in [-0.3, -0.25) is 4.90 Å². The van der Waals surface area contributed by atoms with Crippen LogP contribution in [-0.4, -0.2) is 43.9 Å². The number of aliphatic hydroxyl groups is 1. The van der Waals surface area contributed by atoms with Crippen LogP contribution >= 0.6 is 0 Å². The van der Waals surface area contributed by atoms with Crippen molar-refractivity contribution in [3.05, 3.63) is 59.7 Å². The molecule has 0 amide bonds. The molecule has 0 saturated carbocycles. The molecule has 1 aromatic heterocycles. The Morgan fingerprint density at radius 1 is 1.31 bits per heavy atom. The minimum Gasteiger partial charge on any atom is -0.381 e. The Balaban J connectivity index is 1.94. The number of piperidine rings is 1. The highest BCUT2D eigenvalue weighted by atomic mass is 19.1. The lowest BCUT2D eigenvalue weighted by atomic mass is 9.84. The van der Waals surface area contributed by atoms with Crippen molar-refractivity contribution in [1.82, 2.24) is 19.7 Å². The number of hydrogen-bond acceptors (Lipinski definition) is 4. The summed E-state index contributed by atoms with van der Waals surface area (Å²) in [6.45, 7) is 5.50. The zero-order chi connectivity index (χ0) is 18.7. The molecule has 1 aliphatic rings. The van der Waals surface area contributed by atoms with Crippen LogP contribution in [0.1, 0.15) is 32.3 Å². The number of nitrogens with zero attached hydrogens (tertiary/aromatic N) is 4. The van der Waals surface area contributed by atoms with Gasteiger partial charge in [0.05, 0.1) is 6.54 Å². The summed E-state index contributed by atoms with van der Waals surface area (Å²) in [6.07, 6.45) is 6.82. The lowest BCUT2D eigenvalue weighted by Crippen LogP contribution is -2.53. The zero-order valence-electron chi connectivity index (χ0n) is 15.1. The number of aromatic nitrogens is 3. The van der Waals surface area contributed by atoms with E-state index in [1.54, 1.807) is 0 Å². The third-order valence-electron chi connectivity index (χ3n) is 5.35. The molecule has 1 saturated heterocycles. The normalized spacial score (nSPS) is 19.2. The molecule has 140 valence electrons. The molecule has 1 aliphatic heterocycles. The van der Waals surface area contributed by atoms with Crippen LogP contribution in [0.5, 0.6) is 0 Å². The smallest absolute Gasteiger partial charge is 0.137 e. The van der Waals surface area contributed by atoms with E-state index in [0.29, 0.717) is 0 Å². The monoisotopic (exact) mass is 362 g/mol. The van der Waals surface area contributed by atoms with Crippen molar-refractivity contribution >= 4 is 0 Å². The fraction of sp³-hybridized carbons (Fsp3) is 0.474. The van der Waals surface area contributed by atoms with Crippen LogP contribution in [0, 0.1) is 11.6 Å². The fourth-order valence-electron chi connectivity index (χ4n) is 3.63. The molecule has 2 aromatic rings. The van der Waals surface area contributed by atoms with E-state index >= 15 is 0 Å². The van der Waals surface area contributed by atoms with E-state index in [-0.39, 0.29) is 18.2 Å². The summed E-state index contributed by atoms with van der Waals surface area (Å²) in [5.41, 5.74) is -0.112. The summed E-state index contributed by atoms with van der Waals surface area (Å²) in [6, 6.07) is 2.91. The summed E-state index contributed by atoms with van der Waals surface area (Å²) in [5, 5.41) is 15.6. The van der Waals surface area contributed by atoms with Gasteiger partial charge in [0.15, 0.2) is 0 Å². The number of likely N-dealkylation sites (tertiary alicyclic amines) is 1. The van der Waals surface area contributed by atoms with E-state index in [2.05, 4.69) is 21.1 Å². The first-order valence-electron chi connectivity index (χ1n) is 8.82. The minimum absolute atomic E-state index is 0.0314. The van der Waals surface area contributed by atoms with E-state index in [4.69, 9.17) is 0 Å². The van der Waals surface area contributed by atoms with Crippen LogP contribution in [0.4, 0.5) is 8.78 Å². The van der Waals surface area contributed by atoms with Gasteiger partial charge in [-0.2, -0.15) is 5.10 Å². The molecule has 1 aromatic carbocycles. The van der Waals surface area contributed by atoms with Gasteiger partial charge in [-0.15, -0.1) is 0 Å². The number of halogens is 2. The molecule has 0 bridgehead atoms. The molecule has 0 aliphatic carbocycles. The van der Waals surface area contributed by atoms with Crippen molar-refractivity contribution in [2.45, 2.75) is 44.9 Å². The first kappa shape index (κ1) is 18.7. The average molecular weight is 362 g/mol. The highest BCUT2D eigenvalue weighted by molar-refractivity contribution is 5.27. The summed E-state index contributed by atoms with van der Waals surface area (Å²) < 4.78 is 29.4. The van der Waals surface area contributed by atoms with Gasteiger partial charge in [0.2, 0.25) is 0 Å². The van der Waals surface area contributed by atoms with Gasteiger partial charge in [0, 0.05) is 30.8 Å². The molecular weight excluding hydrogens is 338 g/mol. The lowest BCUT2D eigenvalue weighted by molar-refractivity contribution is -0.0657. The topological polar surface area (TPSA) is 54.2 Å². The number of hydrogen-bond donors (Lipinski definition) is 1. The highest BCUT2D eigenvalue weighted by Gasteiger charge is 2.42. The van der Waals surface area contributed by atoms with Crippen LogP contribution < -0.4 is 0 Å². The number of benzene rings is 1. The third-order valence-corrected chi connectivity index (χ3v) is 5.35. The summed E-state index contributed by atoms with van der Waals surface area (Å²) in [5.74, 6) is -1.43. The second-order valence-corrected chi connectivity index (χ2v) is 6.80. The Hall–Kier alpha value is -2.12. The van der Waals surface area contributed by atoms with E-state index in [1.807, 2.05) is 13.8 Å². The first-order valence-corrected chi connectivity index (χ1v) is 8.82. The molecule has 2 atom stereocenters. The maximum atomic E-state index is 14.5. The molecule has 1 N–H and O–H groups in total. The van der Waals surface area contributed by atoms with Gasteiger partial charge in [-0.05, 0) is 32.8 Å². The van der Waals surface area contributed by atoms with Gasteiger partial charge in [0.1, 0.15) is 29.9 Å². The quantitative estimate of drug-likeness (QED) is 0.831. The third kappa shape index (κ3) is 3.68. The SMILES string of the molecule is CC=C1CCN(C(C)C(O)(Cn2cncn2)c2ccc(F)cc2F)CC1. The van der Waals surface area contributed by atoms with Crippen LogP contribution in [0.25, 0.3) is 0 Å². The molecule has 2 unspecified atom stereocenters. The molecule has 3 rings (SSSR count). The maximum Gasteiger partial charge on any atom is 0.137 e. The van der Waals surface area contributed by atoms with E-state index in [1.165, 1.54) is 35.0 Å². The Morgan fingerprint density at radius 2 is 2.04 bits per heavy atom. The highest BCUT2D eigenvalue weighted by Crippen LogP contribution is 2.34. The van der Waals surface area contributed by atoms with Crippen LogP contribution in [0.3, 0.4) is 0 Å². The van der Waals surface area contributed by atoms with Crippen molar-refractivity contribution in [1.29, 1.82) is 0 Å². The predicted octanol–water partition coefficient (Wildman–Crippen LogP) is 2.87.